The highest BCUT2D eigenvalue weighted by atomic mass is 16.6. The first-order chi connectivity index (χ1) is 13.6. The van der Waals surface area contributed by atoms with Crippen molar-refractivity contribution in [2.45, 2.75) is 110 Å². The summed E-state index contributed by atoms with van der Waals surface area (Å²) in [6, 6.07) is -0.487. The first-order valence-electron chi connectivity index (χ1n) is 11.4. The van der Waals surface area contributed by atoms with Crippen LogP contribution in [0.15, 0.2) is 0 Å². The average molecular weight is 412 g/mol. The second-order valence-corrected chi connectivity index (χ2v) is 9.79. The molecule has 0 aromatic carbocycles. The lowest BCUT2D eigenvalue weighted by Gasteiger charge is -2.34. The zero-order valence-electron chi connectivity index (χ0n) is 19.1. The lowest BCUT2D eigenvalue weighted by Crippen LogP contribution is -2.50. The molecule has 1 aliphatic heterocycles. The summed E-state index contributed by atoms with van der Waals surface area (Å²) in [5, 5.41) is 3.30. The highest BCUT2D eigenvalue weighted by Crippen LogP contribution is 2.34. The molecule has 0 amide bonds. The molecule has 0 radical (unpaired) electrons. The minimum Gasteiger partial charge on any atom is -0.465 e. The summed E-state index contributed by atoms with van der Waals surface area (Å²) < 4.78 is 16.7. The van der Waals surface area contributed by atoms with Crippen molar-refractivity contribution in [2.24, 2.45) is 11.8 Å². The Bertz CT molecular complexity index is 538. The summed E-state index contributed by atoms with van der Waals surface area (Å²) in [5.74, 6) is 0.240. The van der Waals surface area contributed by atoms with Crippen molar-refractivity contribution >= 4 is 11.9 Å². The number of rotatable bonds is 9. The fourth-order valence-corrected chi connectivity index (χ4v) is 4.58. The van der Waals surface area contributed by atoms with Crippen LogP contribution < -0.4 is 5.32 Å². The number of hydrogen-bond acceptors (Lipinski definition) is 6. The molecule has 0 bridgehead atoms. The Kier molecular flexibility index (Phi) is 8.95. The van der Waals surface area contributed by atoms with Crippen LogP contribution in [0.4, 0.5) is 0 Å². The van der Waals surface area contributed by atoms with Crippen LogP contribution in [0.5, 0.6) is 0 Å². The van der Waals surface area contributed by atoms with E-state index in [1.807, 2.05) is 27.7 Å². The van der Waals surface area contributed by atoms with Crippen LogP contribution in [-0.2, 0) is 23.8 Å². The van der Waals surface area contributed by atoms with E-state index < -0.39 is 17.4 Å². The number of nitrogens with one attached hydrogen (secondary N) is 1. The van der Waals surface area contributed by atoms with Gasteiger partial charge in [-0.25, -0.2) is 0 Å². The molecule has 6 heteroatoms. The van der Waals surface area contributed by atoms with Gasteiger partial charge in [-0.15, -0.1) is 0 Å². The van der Waals surface area contributed by atoms with Crippen molar-refractivity contribution in [2.75, 3.05) is 13.2 Å². The summed E-state index contributed by atoms with van der Waals surface area (Å²) >= 11 is 0. The maximum atomic E-state index is 12.6. The third-order valence-electron chi connectivity index (χ3n) is 6.08. The number of hydrogen-bond donors (Lipinski definition) is 1. The van der Waals surface area contributed by atoms with Gasteiger partial charge in [-0.05, 0) is 47.0 Å². The van der Waals surface area contributed by atoms with Crippen LogP contribution >= 0.6 is 0 Å². The number of ether oxygens (including phenoxy) is 3. The van der Waals surface area contributed by atoms with Crippen LogP contribution in [0, 0.1) is 11.8 Å². The molecule has 29 heavy (non-hydrogen) atoms. The summed E-state index contributed by atoms with van der Waals surface area (Å²) in [7, 11) is 0. The second-order valence-electron chi connectivity index (χ2n) is 9.79. The zero-order valence-corrected chi connectivity index (χ0v) is 19.1. The topological polar surface area (TPSA) is 73.9 Å². The van der Waals surface area contributed by atoms with E-state index in [1.165, 1.54) is 38.5 Å². The van der Waals surface area contributed by atoms with Crippen LogP contribution in [0.1, 0.15) is 92.4 Å². The van der Waals surface area contributed by atoms with E-state index in [-0.39, 0.29) is 30.9 Å². The van der Waals surface area contributed by atoms with E-state index in [0.717, 1.165) is 18.8 Å². The van der Waals surface area contributed by atoms with Crippen molar-refractivity contribution in [1.82, 2.24) is 5.32 Å². The van der Waals surface area contributed by atoms with Crippen molar-refractivity contribution in [3.8, 4) is 0 Å². The predicted octanol–water partition coefficient (Wildman–Crippen LogP) is 4.35. The third-order valence-corrected chi connectivity index (χ3v) is 6.08. The first kappa shape index (κ1) is 24.1. The molecule has 1 unspecified atom stereocenters. The van der Waals surface area contributed by atoms with Crippen LogP contribution in [0.2, 0.25) is 0 Å². The second kappa shape index (κ2) is 10.8. The molecule has 6 nitrogen and oxygen atoms in total. The van der Waals surface area contributed by atoms with E-state index >= 15 is 0 Å². The molecule has 2 fully saturated rings. The molecule has 1 heterocycles. The summed E-state index contributed by atoms with van der Waals surface area (Å²) in [5.41, 5.74) is -1.25. The smallest absolute Gasteiger partial charge is 0.325 e. The lowest BCUT2D eigenvalue weighted by atomic mass is 9.82. The minimum atomic E-state index is -0.735. The Morgan fingerprint density at radius 2 is 1.90 bits per heavy atom. The van der Waals surface area contributed by atoms with Crippen molar-refractivity contribution in [3.05, 3.63) is 0 Å². The van der Waals surface area contributed by atoms with Crippen molar-refractivity contribution in [3.63, 3.8) is 0 Å². The zero-order chi connectivity index (χ0) is 21.5. The van der Waals surface area contributed by atoms with E-state index in [4.69, 9.17) is 14.2 Å². The van der Waals surface area contributed by atoms with Gasteiger partial charge in [-0.1, -0.05) is 44.9 Å². The quantitative estimate of drug-likeness (QED) is 0.569. The van der Waals surface area contributed by atoms with E-state index in [1.54, 1.807) is 6.92 Å². The normalized spacial score (nSPS) is 26.9. The molecule has 1 N–H and O–H groups in total. The first-order valence-corrected chi connectivity index (χ1v) is 11.4. The van der Waals surface area contributed by atoms with Gasteiger partial charge in [0.15, 0.2) is 0 Å². The highest BCUT2D eigenvalue weighted by molar-refractivity contribution is 5.76. The van der Waals surface area contributed by atoms with Crippen molar-refractivity contribution < 1.29 is 23.8 Å². The Labute approximate surface area is 176 Å². The van der Waals surface area contributed by atoms with Crippen LogP contribution in [0.3, 0.4) is 0 Å². The molecular formula is C23H41NO5. The van der Waals surface area contributed by atoms with Gasteiger partial charge in [0.25, 0.3) is 0 Å². The van der Waals surface area contributed by atoms with E-state index in [9.17, 15) is 9.59 Å². The average Bonchev–Trinajstić information content (AvgIpc) is 3.04. The van der Waals surface area contributed by atoms with Gasteiger partial charge >= 0.3 is 11.9 Å². The molecule has 2 aliphatic rings. The molecule has 0 aromatic rings. The third kappa shape index (κ3) is 7.89. The minimum absolute atomic E-state index is 0.0552. The number of carbonyl (C=O) groups is 2. The Morgan fingerprint density at radius 3 is 2.52 bits per heavy atom. The van der Waals surface area contributed by atoms with Gasteiger partial charge in [0.1, 0.15) is 17.4 Å². The van der Waals surface area contributed by atoms with E-state index in [2.05, 4.69) is 5.32 Å². The van der Waals surface area contributed by atoms with Crippen LogP contribution in [-0.4, -0.2) is 42.5 Å². The highest BCUT2D eigenvalue weighted by Gasteiger charge is 2.45. The fourth-order valence-electron chi connectivity index (χ4n) is 4.58. The maximum Gasteiger partial charge on any atom is 0.325 e. The summed E-state index contributed by atoms with van der Waals surface area (Å²) in [6.07, 6.45) is 10.1. The molecule has 168 valence electrons. The molecule has 0 spiro atoms. The monoisotopic (exact) mass is 411 g/mol. The predicted molar refractivity (Wildman–Crippen MR) is 112 cm³/mol. The van der Waals surface area contributed by atoms with Crippen molar-refractivity contribution in [1.29, 1.82) is 0 Å². The standard InChI is InChI=1S/C23H41NO5/c1-6-27-21(26)19-16-28-23(5,24-19)18(15-20(25)29-22(2,3)4)14-10-13-17-11-8-7-9-12-17/h17-19,24H,6-16H2,1-5H3/t18-,19+,23?/m1/s1. The Balaban J connectivity index is 1.98. The molecule has 1 aliphatic carbocycles. The van der Waals surface area contributed by atoms with Gasteiger partial charge in [-0.3, -0.25) is 14.9 Å². The molecule has 1 saturated carbocycles. The molecule has 1 saturated heterocycles. The van der Waals surface area contributed by atoms with E-state index in [0.29, 0.717) is 6.61 Å². The van der Waals surface area contributed by atoms with Crippen LogP contribution in [0.25, 0.3) is 0 Å². The SMILES string of the molecule is CCOC(=O)[C@@H]1COC(C)([C@H](CCCC2CCCCC2)CC(=O)OC(C)(C)C)N1. The number of carbonyl (C=O) groups excluding carboxylic acids is 2. The maximum absolute atomic E-state index is 12.6. The largest absolute Gasteiger partial charge is 0.465 e. The van der Waals surface area contributed by atoms with Gasteiger partial charge in [0.2, 0.25) is 0 Å². The molecule has 3 atom stereocenters. The van der Waals surface area contributed by atoms with Gasteiger partial charge in [-0.2, -0.15) is 0 Å². The molecule has 2 rings (SSSR count). The van der Waals surface area contributed by atoms with Gasteiger partial charge < -0.3 is 14.2 Å². The fraction of sp³-hybridized carbons (Fsp3) is 0.913. The Morgan fingerprint density at radius 1 is 1.21 bits per heavy atom. The summed E-state index contributed by atoms with van der Waals surface area (Å²) in [4.78, 5) is 24.7. The summed E-state index contributed by atoms with van der Waals surface area (Å²) in [6.45, 7) is 9.99. The number of esters is 2. The van der Waals surface area contributed by atoms with Gasteiger partial charge in [0, 0.05) is 5.92 Å². The molecular weight excluding hydrogens is 370 g/mol. The van der Waals surface area contributed by atoms with Gasteiger partial charge in [0.05, 0.1) is 19.6 Å². The Hall–Kier alpha value is -1.14. The lowest BCUT2D eigenvalue weighted by molar-refractivity contribution is -0.159. The molecule has 0 aromatic heterocycles.